The number of methoxy groups -OCH3 is 3. The first-order chi connectivity index (χ1) is 13.6. The van der Waals surface area contributed by atoms with Crippen LogP contribution in [0.3, 0.4) is 0 Å². The van der Waals surface area contributed by atoms with Gasteiger partial charge in [0.05, 0.1) is 37.9 Å². The molecule has 2 aromatic heterocycles. The number of rotatable bonds is 5. The fourth-order valence-electron chi connectivity index (χ4n) is 3.42. The van der Waals surface area contributed by atoms with Gasteiger partial charge in [-0.15, -0.1) is 10.2 Å². The summed E-state index contributed by atoms with van der Waals surface area (Å²) >= 11 is 0. The van der Waals surface area contributed by atoms with E-state index in [1.165, 1.54) is 25.9 Å². The maximum atomic E-state index is 13.4. The third-order valence-corrected chi connectivity index (χ3v) is 4.72. The van der Waals surface area contributed by atoms with Gasteiger partial charge in [-0.05, 0) is 12.1 Å². The molecule has 0 fully saturated rings. The Balaban J connectivity index is 2.16. The summed E-state index contributed by atoms with van der Waals surface area (Å²) in [5, 5.41) is 9.14. The minimum absolute atomic E-state index is 0.201. The van der Waals surface area contributed by atoms with E-state index in [4.69, 9.17) is 14.2 Å². The summed E-state index contributed by atoms with van der Waals surface area (Å²) in [6.07, 6.45) is 0.679. The second-order valence-corrected chi connectivity index (χ2v) is 6.15. The summed E-state index contributed by atoms with van der Waals surface area (Å²) in [5.74, 6) is 2.55. The average Bonchev–Trinajstić information content (AvgIpc) is 3.17. The Hall–Kier alpha value is -3.55. The topological polar surface area (TPSA) is 79.9 Å². The first-order valence-corrected chi connectivity index (χ1v) is 8.82. The van der Waals surface area contributed by atoms with Gasteiger partial charge in [-0.2, -0.15) is 0 Å². The predicted octanol–water partition coefficient (Wildman–Crippen LogP) is 2.62. The van der Waals surface area contributed by atoms with Crippen molar-refractivity contribution in [1.29, 1.82) is 0 Å². The number of fused-ring (bicyclic) bond motifs is 3. The Kier molecular flexibility index (Phi) is 4.38. The molecule has 0 radical (unpaired) electrons. The van der Waals surface area contributed by atoms with Crippen molar-refractivity contribution in [3.05, 3.63) is 52.6 Å². The van der Waals surface area contributed by atoms with Crippen molar-refractivity contribution in [3.63, 3.8) is 0 Å². The van der Waals surface area contributed by atoms with Crippen LogP contribution in [0.1, 0.15) is 12.7 Å². The Bertz CT molecular complexity index is 1220. The fraction of sp³-hybridized carbons (Fsp3) is 0.250. The van der Waals surface area contributed by atoms with E-state index in [-0.39, 0.29) is 5.56 Å². The molecule has 0 unspecified atom stereocenters. The van der Waals surface area contributed by atoms with Crippen molar-refractivity contribution < 1.29 is 14.2 Å². The molecule has 0 saturated heterocycles. The van der Waals surface area contributed by atoms with Crippen LogP contribution in [0.15, 0.2) is 41.2 Å². The standard InChI is InChI=1S/C20H20N4O4/c1-5-17-21-22-20-23(19(25)13-8-6-7-9-14(13)24(17)20)12-10-15(26-2)18(28-4)16(11-12)27-3/h6-11H,5H2,1-4H3. The minimum Gasteiger partial charge on any atom is -0.493 e. The second kappa shape index (κ2) is 6.88. The van der Waals surface area contributed by atoms with Gasteiger partial charge in [0.25, 0.3) is 5.56 Å². The van der Waals surface area contributed by atoms with Crippen molar-refractivity contribution in [2.24, 2.45) is 0 Å². The number of para-hydroxylation sites is 1. The zero-order chi connectivity index (χ0) is 19.8. The van der Waals surface area contributed by atoms with E-state index in [0.29, 0.717) is 40.5 Å². The van der Waals surface area contributed by atoms with Crippen LogP contribution in [0.25, 0.3) is 22.4 Å². The molecule has 0 N–H and O–H groups in total. The maximum Gasteiger partial charge on any atom is 0.267 e. The molecule has 0 aliphatic rings. The van der Waals surface area contributed by atoms with Gasteiger partial charge in [0.1, 0.15) is 5.82 Å². The molecule has 0 saturated carbocycles. The van der Waals surface area contributed by atoms with Crippen molar-refractivity contribution in [2.45, 2.75) is 13.3 Å². The Morgan fingerprint density at radius 1 is 0.964 bits per heavy atom. The molecule has 8 heteroatoms. The summed E-state index contributed by atoms with van der Waals surface area (Å²) in [6, 6.07) is 10.9. The Morgan fingerprint density at radius 3 is 2.25 bits per heavy atom. The van der Waals surface area contributed by atoms with Gasteiger partial charge in [-0.3, -0.25) is 9.20 Å². The maximum absolute atomic E-state index is 13.4. The predicted molar refractivity (Wildman–Crippen MR) is 105 cm³/mol. The van der Waals surface area contributed by atoms with Crippen LogP contribution in [0, 0.1) is 0 Å². The van der Waals surface area contributed by atoms with Gasteiger partial charge in [0, 0.05) is 18.6 Å². The number of aryl methyl sites for hydroxylation is 1. The van der Waals surface area contributed by atoms with Gasteiger partial charge in [0.15, 0.2) is 11.5 Å². The van der Waals surface area contributed by atoms with Crippen LogP contribution >= 0.6 is 0 Å². The summed E-state index contributed by atoms with van der Waals surface area (Å²) in [7, 11) is 4.60. The van der Waals surface area contributed by atoms with E-state index in [1.54, 1.807) is 18.2 Å². The number of hydrogen-bond acceptors (Lipinski definition) is 6. The summed E-state index contributed by atoms with van der Waals surface area (Å²) in [6.45, 7) is 2.00. The highest BCUT2D eigenvalue weighted by molar-refractivity contribution is 5.81. The molecule has 28 heavy (non-hydrogen) atoms. The molecule has 144 valence electrons. The normalized spacial score (nSPS) is 11.1. The molecule has 0 amide bonds. The van der Waals surface area contributed by atoms with E-state index in [0.717, 1.165) is 11.3 Å². The van der Waals surface area contributed by atoms with Gasteiger partial charge in [0.2, 0.25) is 11.5 Å². The number of ether oxygens (including phenoxy) is 3. The smallest absolute Gasteiger partial charge is 0.267 e. The number of hydrogen-bond donors (Lipinski definition) is 0. The van der Waals surface area contributed by atoms with E-state index < -0.39 is 0 Å². The molecule has 8 nitrogen and oxygen atoms in total. The molecule has 4 rings (SSSR count). The number of nitrogens with zero attached hydrogens (tertiary/aromatic N) is 4. The third-order valence-electron chi connectivity index (χ3n) is 4.72. The van der Waals surface area contributed by atoms with Crippen molar-refractivity contribution in [3.8, 4) is 22.9 Å². The molecular weight excluding hydrogens is 360 g/mol. The highest BCUT2D eigenvalue weighted by atomic mass is 16.5. The van der Waals surface area contributed by atoms with Gasteiger partial charge >= 0.3 is 0 Å². The van der Waals surface area contributed by atoms with Crippen LogP contribution in [0.2, 0.25) is 0 Å². The average molecular weight is 380 g/mol. The van der Waals surface area contributed by atoms with Crippen LogP contribution in [0.4, 0.5) is 0 Å². The SMILES string of the molecule is CCc1nnc2n(-c3cc(OC)c(OC)c(OC)c3)c(=O)c3ccccc3n12. The lowest BCUT2D eigenvalue weighted by Gasteiger charge is -2.16. The van der Waals surface area contributed by atoms with E-state index >= 15 is 0 Å². The van der Waals surface area contributed by atoms with Gasteiger partial charge in [-0.25, -0.2) is 4.57 Å². The molecule has 0 aliphatic carbocycles. The van der Waals surface area contributed by atoms with Crippen molar-refractivity contribution in [2.75, 3.05) is 21.3 Å². The largest absolute Gasteiger partial charge is 0.493 e. The molecule has 2 aromatic carbocycles. The van der Waals surface area contributed by atoms with E-state index in [1.807, 2.05) is 29.5 Å². The van der Waals surface area contributed by atoms with Gasteiger partial charge < -0.3 is 14.2 Å². The highest BCUT2D eigenvalue weighted by Crippen LogP contribution is 2.39. The van der Waals surface area contributed by atoms with Crippen molar-refractivity contribution in [1.82, 2.24) is 19.2 Å². The van der Waals surface area contributed by atoms with E-state index in [2.05, 4.69) is 10.2 Å². The summed E-state index contributed by atoms with van der Waals surface area (Å²) in [5.41, 5.74) is 1.12. The molecule has 2 heterocycles. The molecule has 4 aromatic rings. The van der Waals surface area contributed by atoms with Crippen LogP contribution in [-0.4, -0.2) is 40.5 Å². The lowest BCUT2D eigenvalue weighted by molar-refractivity contribution is 0.324. The van der Waals surface area contributed by atoms with Gasteiger partial charge in [-0.1, -0.05) is 19.1 Å². The second-order valence-electron chi connectivity index (χ2n) is 6.15. The van der Waals surface area contributed by atoms with E-state index in [9.17, 15) is 4.79 Å². The minimum atomic E-state index is -0.201. The lowest BCUT2D eigenvalue weighted by atomic mass is 10.2. The molecular formula is C20H20N4O4. The monoisotopic (exact) mass is 380 g/mol. The number of benzene rings is 2. The third kappa shape index (κ3) is 2.49. The van der Waals surface area contributed by atoms with Crippen LogP contribution in [-0.2, 0) is 6.42 Å². The zero-order valence-electron chi connectivity index (χ0n) is 16.1. The van der Waals surface area contributed by atoms with Crippen LogP contribution in [0.5, 0.6) is 17.2 Å². The fourth-order valence-corrected chi connectivity index (χ4v) is 3.42. The Labute approximate surface area is 160 Å². The molecule has 0 spiro atoms. The first-order valence-electron chi connectivity index (χ1n) is 8.82. The van der Waals surface area contributed by atoms with Crippen molar-refractivity contribution >= 4 is 16.7 Å². The Morgan fingerprint density at radius 2 is 1.64 bits per heavy atom. The molecule has 0 bridgehead atoms. The number of aromatic nitrogens is 4. The quantitative estimate of drug-likeness (QED) is 0.530. The zero-order valence-corrected chi connectivity index (χ0v) is 16.1. The first kappa shape index (κ1) is 17.8. The highest BCUT2D eigenvalue weighted by Gasteiger charge is 2.20. The molecule has 0 aliphatic heterocycles. The summed E-state index contributed by atoms with van der Waals surface area (Å²) < 4.78 is 19.7. The van der Waals surface area contributed by atoms with Crippen LogP contribution < -0.4 is 19.8 Å². The lowest BCUT2D eigenvalue weighted by Crippen LogP contribution is -2.22. The molecule has 0 atom stereocenters. The summed E-state index contributed by atoms with van der Waals surface area (Å²) in [4.78, 5) is 13.4.